The van der Waals surface area contributed by atoms with Crippen molar-refractivity contribution in [2.75, 3.05) is 11.9 Å². The number of benzene rings is 1. The van der Waals surface area contributed by atoms with Crippen LogP contribution in [0, 0.1) is 6.92 Å². The molecule has 4 nitrogen and oxygen atoms in total. The SMILES string of the molecule is Cc1cnc(CNc2ccc(Cl)cc2OCC(F)(F)F)o1. The molecule has 1 aromatic heterocycles. The van der Waals surface area contributed by atoms with Gasteiger partial charge in [0.15, 0.2) is 6.61 Å². The van der Waals surface area contributed by atoms with Crippen molar-refractivity contribution in [1.29, 1.82) is 0 Å². The van der Waals surface area contributed by atoms with E-state index >= 15 is 0 Å². The molecule has 0 aliphatic rings. The van der Waals surface area contributed by atoms with Crippen molar-refractivity contribution < 1.29 is 22.3 Å². The number of halogens is 4. The fourth-order valence-corrected chi connectivity index (χ4v) is 1.74. The number of nitrogens with one attached hydrogen (secondary N) is 1. The van der Waals surface area contributed by atoms with E-state index < -0.39 is 12.8 Å². The monoisotopic (exact) mass is 320 g/mol. The normalized spacial score (nSPS) is 11.5. The first-order valence-electron chi connectivity index (χ1n) is 5.98. The van der Waals surface area contributed by atoms with E-state index in [9.17, 15) is 13.2 Å². The maximum Gasteiger partial charge on any atom is 0.422 e. The molecule has 0 saturated carbocycles. The minimum Gasteiger partial charge on any atom is -0.482 e. The summed E-state index contributed by atoms with van der Waals surface area (Å²) in [6, 6.07) is 4.39. The van der Waals surface area contributed by atoms with E-state index in [4.69, 9.17) is 20.8 Å². The van der Waals surface area contributed by atoms with Crippen molar-refractivity contribution in [2.24, 2.45) is 0 Å². The van der Waals surface area contributed by atoms with Crippen LogP contribution in [-0.4, -0.2) is 17.8 Å². The Bertz CT molecular complexity index is 614. The number of anilines is 1. The quantitative estimate of drug-likeness (QED) is 0.897. The molecule has 114 valence electrons. The van der Waals surface area contributed by atoms with Gasteiger partial charge in [-0.05, 0) is 19.1 Å². The fraction of sp³-hybridized carbons (Fsp3) is 0.308. The number of oxazole rings is 1. The standard InChI is InChI=1S/C13H12ClF3N2O2/c1-8-5-19-12(21-8)6-18-10-3-2-9(14)4-11(10)20-7-13(15,16)17/h2-5,18H,6-7H2,1H3. The molecule has 2 rings (SSSR count). The summed E-state index contributed by atoms with van der Waals surface area (Å²) in [7, 11) is 0. The van der Waals surface area contributed by atoms with Gasteiger partial charge in [0.1, 0.15) is 11.5 Å². The Hall–Kier alpha value is -1.89. The average molecular weight is 321 g/mol. The second kappa shape index (κ2) is 6.26. The van der Waals surface area contributed by atoms with Gasteiger partial charge in [0.05, 0.1) is 18.4 Å². The maximum atomic E-state index is 12.2. The van der Waals surface area contributed by atoms with Gasteiger partial charge in [-0.1, -0.05) is 11.6 Å². The summed E-state index contributed by atoms with van der Waals surface area (Å²) >= 11 is 5.77. The van der Waals surface area contributed by atoms with E-state index in [-0.39, 0.29) is 17.3 Å². The highest BCUT2D eigenvalue weighted by molar-refractivity contribution is 6.30. The molecule has 0 spiro atoms. The molecule has 0 aliphatic carbocycles. The lowest BCUT2D eigenvalue weighted by Gasteiger charge is -2.14. The molecule has 0 aliphatic heterocycles. The molecule has 1 heterocycles. The lowest BCUT2D eigenvalue weighted by atomic mass is 10.3. The van der Waals surface area contributed by atoms with E-state index in [0.29, 0.717) is 17.3 Å². The summed E-state index contributed by atoms with van der Waals surface area (Å²) in [6.45, 7) is 0.578. The van der Waals surface area contributed by atoms with Crippen LogP contribution in [0.25, 0.3) is 0 Å². The molecule has 2 aromatic rings. The molecular weight excluding hydrogens is 309 g/mol. The van der Waals surface area contributed by atoms with Crippen molar-refractivity contribution in [2.45, 2.75) is 19.6 Å². The second-order valence-corrected chi connectivity index (χ2v) is 4.70. The highest BCUT2D eigenvalue weighted by Crippen LogP contribution is 2.30. The summed E-state index contributed by atoms with van der Waals surface area (Å²) in [5.74, 6) is 1.09. The molecule has 0 saturated heterocycles. The lowest BCUT2D eigenvalue weighted by Crippen LogP contribution is -2.19. The summed E-state index contributed by atoms with van der Waals surface area (Å²) in [6.07, 6.45) is -2.86. The molecule has 1 N–H and O–H groups in total. The summed E-state index contributed by atoms with van der Waals surface area (Å²) in [5.41, 5.74) is 0.375. The van der Waals surface area contributed by atoms with Crippen molar-refractivity contribution in [3.8, 4) is 5.75 Å². The van der Waals surface area contributed by atoms with Crippen molar-refractivity contribution in [1.82, 2.24) is 4.98 Å². The zero-order valence-electron chi connectivity index (χ0n) is 11.0. The molecule has 0 unspecified atom stereocenters. The van der Waals surface area contributed by atoms with Crippen LogP contribution in [0.5, 0.6) is 5.75 Å². The van der Waals surface area contributed by atoms with Gasteiger partial charge in [0.25, 0.3) is 0 Å². The van der Waals surface area contributed by atoms with Gasteiger partial charge >= 0.3 is 6.18 Å². The number of hydrogen-bond acceptors (Lipinski definition) is 4. The van der Waals surface area contributed by atoms with Crippen LogP contribution in [-0.2, 0) is 6.54 Å². The molecular formula is C13H12ClF3N2O2. The molecule has 1 aromatic carbocycles. The van der Waals surface area contributed by atoms with Gasteiger partial charge in [-0.2, -0.15) is 13.2 Å². The van der Waals surface area contributed by atoms with Crippen molar-refractivity contribution in [3.05, 3.63) is 41.1 Å². The number of aromatic nitrogens is 1. The van der Waals surface area contributed by atoms with E-state index in [0.717, 1.165) is 0 Å². The number of aryl methyl sites for hydroxylation is 1. The van der Waals surface area contributed by atoms with Crippen LogP contribution in [0.3, 0.4) is 0 Å². The van der Waals surface area contributed by atoms with Crippen LogP contribution in [0.15, 0.2) is 28.8 Å². The Kier molecular flexibility index (Phi) is 4.62. The Balaban J connectivity index is 2.07. The van der Waals surface area contributed by atoms with E-state index in [2.05, 4.69) is 10.3 Å². The number of ether oxygens (including phenoxy) is 1. The molecule has 8 heteroatoms. The second-order valence-electron chi connectivity index (χ2n) is 4.26. The zero-order chi connectivity index (χ0) is 15.5. The Labute approximate surface area is 123 Å². The van der Waals surface area contributed by atoms with Gasteiger partial charge in [-0.15, -0.1) is 0 Å². The van der Waals surface area contributed by atoms with Crippen LogP contribution >= 0.6 is 11.6 Å². The maximum absolute atomic E-state index is 12.2. The number of hydrogen-bond donors (Lipinski definition) is 1. The average Bonchev–Trinajstić information content (AvgIpc) is 2.80. The Morgan fingerprint density at radius 2 is 2.14 bits per heavy atom. The van der Waals surface area contributed by atoms with Crippen LogP contribution in [0.4, 0.5) is 18.9 Å². The number of alkyl halides is 3. The van der Waals surface area contributed by atoms with Crippen LogP contribution in [0.1, 0.15) is 11.7 Å². The van der Waals surface area contributed by atoms with Crippen LogP contribution in [0.2, 0.25) is 5.02 Å². The van der Waals surface area contributed by atoms with Crippen molar-refractivity contribution in [3.63, 3.8) is 0 Å². The summed E-state index contributed by atoms with van der Waals surface area (Å²) < 4.78 is 46.7. The molecule has 0 fully saturated rings. The van der Waals surface area contributed by atoms with E-state index in [1.165, 1.54) is 12.1 Å². The summed E-state index contributed by atoms with van der Waals surface area (Å²) in [5, 5.41) is 3.18. The Morgan fingerprint density at radius 1 is 1.38 bits per heavy atom. The van der Waals surface area contributed by atoms with Crippen LogP contribution < -0.4 is 10.1 Å². The predicted octanol–water partition coefficient (Wildman–Crippen LogP) is 4.19. The van der Waals surface area contributed by atoms with Gasteiger partial charge in [0, 0.05) is 11.1 Å². The fourth-order valence-electron chi connectivity index (χ4n) is 1.58. The minimum absolute atomic E-state index is 0.0168. The van der Waals surface area contributed by atoms with E-state index in [1.807, 2.05) is 0 Å². The highest BCUT2D eigenvalue weighted by Gasteiger charge is 2.28. The first kappa shape index (κ1) is 15.5. The van der Waals surface area contributed by atoms with Gasteiger partial charge < -0.3 is 14.5 Å². The zero-order valence-corrected chi connectivity index (χ0v) is 11.8. The first-order valence-corrected chi connectivity index (χ1v) is 6.35. The topological polar surface area (TPSA) is 47.3 Å². The van der Waals surface area contributed by atoms with Gasteiger partial charge in [-0.3, -0.25) is 0 Å². The molecule has 0 amide bonds. The molecule has 0 bridgehead atoms. The lowest BCUT2D eigenvalue weighted by molar-refractivity contribution is -0.153. The molecule has 21 heavy (non-hydrogen) atoms. The highest BCUT2D eigenvalue weighted by atomic mass is 35.5. The number of rotatable bonds is 5. The summed E-state index contributed by atoms with van der Waals surface area (Å²) in [4.78, 5) is 3.99. The van der Waals surface area contributed by atoms with Gasteiger partial charge in [0.2, 0.25) is 5.89 Å². The third-order valence-corrected chi connectivity index (χ3v) is 2.67. The first-order chi connectivity index (χ1) is 9.83. The molecule has 0 radical (unpaired) electrons. The van der Waals surface area contributed by atoms with E-state index in [1.54, 1.807) is 19.2 Å². The van der Waals surface area contributed by atoms with Crippen molar-refractivity contribution >= 4 is 17.3 Å². The number of nitrogens with zero attached hydrogens (tertiary/aromatic N) is 1. The largest absolute Gasteiger partial charge is 0.482 e. The third-order valence-electron chi connectivity index (χ3n) is 2.43. The predicted molar refractivity (Wildman–Crippen MR) is 71.6 cm³/mol. The van der Waals surface area contributed by atoms with Gasteiger partial charge in [-0.25, -0.2) is 4.98 Å². The smallest absolute Gasteiger partial charge is 0.422 e. The minimum atomic E-state index is -4.42. The third kappa shape index (κ3) is 4.86. The molecule has 0 atom stereocenters. The Morgan fingerprint density at radius 3 is 2.76 bits per heavy atom.